The van der Waals surface area contributed by atoms with Gasteiger partial charge in [-0.2, -0.15) is 0 Å². The van der Waals surface area contributed by atoms with E-state index >= 15 is 0 Å². The molecule has 6 nitrogen and oxygen atoms in total. The van der Waals surface area contributed by atoms with Crippen molar-refractivity contribution < 1.29 is 17.9 Å². The first-order chi connectivity index (χ1) is 13.9. The van der Waals surface area contributed by atoms with Crippen molar-refractivity contribution in [3.63, 3.8) is 0 Å². The van der Waals surface area contributed by atoms with Crippen LogP contribution in [0.2, 0.25) is 10.0 Å². The topological polar surface area (TPSA) is 68.7 Å². The molecule has 0 radical (unpaired) electrons. The summed E-state index contributed by atoms with van der Waals surface area (Å²) in [4.78, 5) is 6.58. The summed E-state index contributed by atoms with van der Waals surface area (Å²) in [6.07, 6.45) is 1.39. The van der Waals surface area contributed by atoms with Crippen LogP contribution in [0.1, 0.15) is 0 Å². The Hall–Kier alpha value is -2.06. The van der Waals surface area contributed by atoms with Crippen molar-refractivity contribution in [3.8, 4) is 5.75 Å². The predicted octanol–water partition coefficient (Wildman–Crippen LogP) is 4.22. The van der Waals surface area contributed by atoms with E-state index in [0.29, 0.717) is 48.3 Å². The number of morpholine rings is 1. The number of nitrogens with zero attached hydrogens (tertiary/aromatic N) is 2. The minimum atomic E-state index is -3.89. The Morgan fingerprint density at radius 3 is 2.55 bits per heavy atom. The number of methoxy groups -OCH3 is 1. The van der Waals surface area contributed by atoms with Crippen molar-refractivity contribution in [2.45, 2.75) is 9.79 Å². The number of pyridine rings is 1. The van der Waals surface area contributed by atoms with E-state index in [1.54, 1.807) is 18.2 Å². The summed E-state index contributed by atoms with van der Waals surface area (Å²) in [6.45, 7) is 2.19. The fourth-order valence-electron chi connectivity index (χ4n) is 3.38. The molecule has 29 heavy (non-hydrogen) atoms. The second-order valence-corrected chi connectivity index (χ2v) is 9.29. The van der Waals surface area contributed by atoms with E-state index in [0.717, 1.165) is 5.39 Å². The second kappa shape index (κ2) is 7.99. The Morgan fingerprint density at radius 2 is 1.86 bits per heavy atom. The van der Waals surface area contributed by atoms with E-state index in [1.807, 2.05) is 4.90 Å². The van der Waals surface area contributed by atoms with Gasteiger partial charge < -0.3 is 14.4 Å². The molecule has 9 heteroatoms. The molecule has 152 valence electrons. The number of ether oxygens (including phenoxy) is 2. The summed E-state index contributed by atoms with van der Waals surface area (Å²) >= 11 is 12.3. The highest BCUT2D eigenvalue weighted by Gasteiger charge is 2.28. The lowest BCUT2D eigenvalue weighted by atomic mass is 10.1. The summed E-state index contributed by atoms with van der Waals surface area (Å²) in [5.41, 5.74) is 1.23. The van der Waals surface area contributed by atoms with Gasteiger partial charge >= 0.3 is 0 Å². The van der Waals surface area contributed by atoms with Gasteiger partial charge in [-0.15, -0.1) is 0 Å². The Kier molecular flexibility index (Phi) is 5.57. The van der Waals surface area contributed by atoms with Crippen molar-refractivity contribution >= 4 is 49.6 Å². The average molecular weight is 453 g/mol. The van der Waals surface area contributed by atoms with Gasteiger partial charge in [0, 0.05) is 29.7 Å². The molecule has 0 atom stereocenters. The molecule has 1 aliphatic heterocycles. The largest absolute Gasteiger partial charge is 0.495 e. The van der Waals surface area contributed by atoms with E-state index in [4.69, 9.17) is 32.7 Å². The Labute approximate surface area is 178 Å². The van der Waals surface area contributed by atoms with E-state index in [2.05, 4.69) is 4.98 Å². The lowest BCUT2D eigenvalue weighted by Gasteiger charge is -2.31. The summed E-state index contributed by atoms with van der Waals surface area (Å²) in [5, 5.41) is 1.48. The van der Waals surface area contributed by atoms with Crippen LogP contribution in [-0.2, 0) is 14.6 Å². The third kappa shape index (κ3) is 3.75. The number of sulfone groups is 1. The Morgan fingerprint density at radius 1 is 1.10 bits per heavy atom. The van der Waals surface area contributed by atoms with Gasteiger partial charge in [-0.3, -0.25) is 4.98 Å². The van der Waals surface area contributed by atoms with Gasteiger partial charge in [-0.05, 0) is 36.4 Å². The van der Waals surface area contributed by atoms with Gasteiger partial charge in [0.15, 0.2) is 0 Å². The van der Waals surface area contributed by atoms with Crippen LogP contribution in [0.4, 0.5) is 5.69 Å². The minimum absolute atomic E-state index is 0.0768. The monoisotopic (exact) mass is 452 g/mol. The van der Waals surface area contributed by atoms with Gasteiger partial charge in [-0.1, -0.05) is 23.2 Å². The van der Waals surface area contributed by atoms with Crippen LogP contribution in [0, 0.1) is 0 Å². The van der Waals surface area contributed by atoms with Crippen molar-refractivity contribution in [2.75, 3.05) is 38.3 Å². The number of aromatic nitrogens is 1. The minimum Gasteiger partial charge on any atom is -0.495 e. The summed E-state index contributed by atoms with van der Waals surface area (Å²) in [7, 11) is -2.41. The van der Waals surface area contributed by atoms with Gasteiger partial charge in [0.2, 0.25) is 9.84 Å². The molecule has 0 spiro atoms. The maximum atomic E-state index is 13.5. The molecule has 0 N–H and O–H groups in total. The molecule has 0 bridgehead atoms. The molecule has 0 aliphatic carbocycles. The summed E-state index contributed by atoms with van der Waals surface area (Å²) < 4.78 is 37.6. The lowest BCUT2D eigenvalue weighted by molar-refractivity contribution is 0.122. The van der Waals surface area contributed by atoms with Crippen LogP contribution in [0.15, 0.2) is 52.4 Å². The van der Waals surface area contributed by atoms with Crippen LogP contribution in [0.25, 0.3) is 10.9 Å². The Balaban J connectivity index is 1.94. The first kappa shape index (κ1) is 20.2. The first-order valence-electron chi connectivity index (χ1n) is 8.91. The van der Waals surface area contributed by atoms with Crippen molar-refractivity contribution in [1.29, 1.82) is 0 Å². The van der Waals surface area contributed by atoms with E-state index in [9.17, 15) is 8.42 Å². The second-order valence-electron chi connectivity index (χ2n) is 6.53. The van der Waals surface area contributed by atoms with Crippen molar-refractivity contribution in [3.05, 3.63) is 52.6 Å². The normalized spacial score (nSPS) is 14.9. The number of halogens is 2. The van der Waals surface area contributed by atoms with Crippen LogP contribution < -0.4 is 9.64 Å². The van der Waals surface area contributed by atoms with E-state index in [1.165, 1.54) is 31.5 Å². The number of hydrogen-bond acceptors (Lipinski definition) is 6. The highest BCUT2D eigenvalue weighted by Crippen LogP contribution is 2.38. The smallest absolute Gasteiger partial charge is 0.210 e. The maximum absolute atomic E-state index is 13.5. The molecule has 4 rings (SSSR count). The van der Waals surface area contributed by atoms with Gasteiger partial charge in [0.05, 0.1) is 41.4 Å². The molecule has 0 saturated carbocycles. The van der Waals surface area contributed by atoms with Crippen LogP contribution >= 0.6 is 23.2 Å². The molecule has 1 saturated heterocycles. The number of benzene rings is 2. The molecule has 1 aliphatic rings. The molecule has 2 aromatic carbocycles. The van der Waals surface area contributed by atoms with E-state index in [-0.39, 0.29) is 14.8 Å². The molecule has 3 aromatic rings. The molecule has 1 fully saturated rings. The number of hydrogen-bond donors (Lipinski definition) is 0. The molecule has 2 heterocycles. The number of rotatable bonds is 4. The molecule has 0 amide bonds. The molecule has 0 unspecified atom stereocenters. The van der Waals surface area contributed by atoms with Crippen molar-refractivity contribution in [2.24, 2.45) is 0 Å². The van der Waals surface area contributed by atoms with Crippen molar-refractivity contribution in [1.82, 2.24) is 4.98 Å². The van der Waals surface area contributed by atoms with E-state index < -0.39 is 9.84 Å². The average Bonchev–Trinajstić information content (AvgIpc) is 2.73. The van der Waals surface area contributed by atoms with Gasteiger partial charge in [0.1, 0.15) is 10.6 Å². The highest BCUT2D eigenvalue weighted by atomic mass is 35.5. The molecule has 1 aromatic heterocycles. The number of anilines is 1. The molecular formula is C20H18Cl2N2O4S. The third-order valence-electron chi connectivity index (χ3n) is 4.82. The Bertz CT molecular complexity index is 1180. The number of fused-ring (bicyclic) bond motifs is 1. The molecular weight excluding hydrogens is 435 g/mol. The van der Waals surface area contributed by atoms with Crippen LogP contribution in [-0.4, -0.2) is 46.8 Å². The van der Waals surface area contributed by atoms with Crippen LogP contribution in [0.5, 0.6) is 5.75 Å². The van der Waals surface area contributed by atoms with Gasteiger partial charge in [-0.25, -0.2) is 8.42 Å². The zero-order valence-corrected chi connectivity index (χ0v) is 17.9. The SMILES string of the molecule is COc1ccc(S(=O)(=O)c2cnc3cc(Cl)ccc3c2N2CCOCC2)cc1Cl. The fraction of sp³-hybridized carbons (Fsp3) is 0.250. The first-order valence-corrected chi connectivity index (χ1v) is 11.2. The fourth-order valence-corrected chi connectivity index (χ4v) is 5.33. The predicted molar refractivity (Wildman–Crippen MR) is 113 cm³/mol. The third-order valence-corrected chi connectivity index (χ3v) is 7.10. The quantitative estimate of drug-likeness (QED) is 0.590. The maximum Gasteiger partial charge on any atom is 0.210 e. The van der Waals surface area contributed by atoms with Gasteiger partial charge in [0.25, 0.3) is 0 Å². The van der Waals surface area contributed by atoms with Crippen LogP contribution in [0.3, 0.4) is 0 Å². The standard InChI is InChI=1S/C20H18Cl2N2O4S/c1-27-18-5-3-14(11-16(18)22)29(25,26)19-12-23-17-10-13(21)2-4-15(17)20(19)24-6-8-28-9-7-24/h2-5,10-12H,6-9H2,1H3. The highest BCUT2D eigenvalue weighted by molar-refractivity contribution is 7.91. The summed E-state index contributed by atoms with van der Waals surface area (Å²) in [6, 6.07) is 9.67. The zero-order valence-electron chi connectivity index (χ0n) is 15.6. The lowest BCUT2D eigenvalue weighted by Crippen LogP contribution is -2.37. The summed E-state index contributed by atoms with van der Waals surface area (Å²) in [5.74, 6) is 0.408. The zero-order chi connectivity index (χ0) is 20.6.